The molecule has 0 aliphatic carbocycles. The number of carbonyl (C=O) groups is 2. The lowest BCUT2D eigenvalue weighted by atomic mass is 9.96. The summed E-state index contributed by atoms with van der Waals surface area (Å²) in [4.78, 5) is 30.3. The fraction of sp³-hybridized carbons (Fsp3) is 0.348. The zero-order valence-electron chi connectivity index (χ0n) is 17.0. The van der Waals surface area contributed by atoms with E-state index in [-0.39, 0.29) is 23.6 Å². The number of carbonyl (C=O) groups excluding carboxylic acids is 2. The first-order valence-electron chi connectivity index (χ1n) is 10.0. The standard InChI is InChI=1S/C23H24FN3O3/c1-14-4-3-5-19-21(14)17(22(28)26-19)13-25-16-6-7-20(18(24)12-16)27-10-8-15(9-11-27)23(29)30-2/h3-7,12-13,15,17H,8-11H2,1-2H3,(H,26,28). The first-order chi connectivity index (χ1) is 14.5. The molecule has 1 unspecified atom stereocenters. The number of ether oxygens (including phenoxy) is 1. The van der Waals surface area contributed by atoms with Crippen molar-refractivity contribution in [3.8, 4) is 0 Å². The highest BCUT2D eigenvalue weighted by Gasteiger charge is 2.30. The zero-order chi connectivity index (χ0) is 21.3. The van der Waals surface area contributed by atoms with Gasteiger partial charge in [-0.25, -0.2) is 4.39 Å². The molecule has 7 heteroatoms. The van der Waals surface area contributed by atoms with Gasteiger partial charge in [0.15, 0.2) is 0 Å². The van der Waals surface area contributed by atoms with Crippen LogP contribution in [0.4, 0.5) is 21.5 Å². The average Bonchev–Trinajstić information content (AvgIpc) is 3.08. The summed E-state index contributed by atoms with van der Waals surface area (Å²) in [7, 11) is 1.39. The van der Waals surface area contributed by atoms with Crippen LogP contribution in [0.1, 0.15) is 29.9 Å². The Balaban J connectivity index is 1.47. The van der Waals surface area contributed by atoms with Gasteiger partial charge in [-0.05, 0) is 49.1 Å². The Labute approximate surface area is 174 Å². The van der Waals surface area contributed by atoms with Gasteiger partial charge in [-0.15, -0.1) is 0 Å². The number of fused-ring (bicyclic) bond motifs is 1. The van der Waals surface area contributed by atoms with E-state index < -0.39 is 5.92 Å². The Morgan fingerprint density at radius 3 is 2.73 bits per heavy atom. The first kappa shape index (κ1) is 20.1. The van der Waals surface area contributed by atoms with Crippen molar-refractivity contribution in [3.63, 3.8) is 0 Å². The molecule has 0 radical (unpaired) electrons. The first-order valence-corrected chi connectivity index (χ1v) is 10.0. The lowest BCUT2D eigenvalue weighted by Crippen LogP contribution is -2.37. The Morgan fingerprint density at radius 2 is 2.03 bits per heavy atom. The minimum absolute atomic E-state index is 0.123. The Kier molecular flexibility index (Phi) is 5.53. The van der Waals surface area contributed by atoms with E-state index in [1.165, 1.54) is 13.2 Å². The minimum Gasteiger partial charge on any atom is -0.469 e. The lowest BCUT2D eigenvalue weighted by molar-refractivity contribution is -0.146. The number of benzene rings is 2. The van der Waals surface area contributed by atoms with Crippen molar-refractivity contribution in [2.45, 2.75) is 25.7 Å². The topological polar surface area (TPSA) is 71.0 Å². The van der Waals surface area contributed by atoms with Crippen molar-refractivity contribution in [2.24, 2.45) is 10.9 Å². The number of nitrogens with zero attached hydrogens (tertiary/aromatic N) is 2. The zero-order valence-corrected chi connectivity index (χ0v) is 17.0. The van der Waals surface area contributed by atoms with Crippen molar-refractivity contribution < 1.29 is 18.7 Å². The van der Waals surface area contributed by atoms with Gasteiger partial charge in [0.05, 0.1) is 24.4 Å². The molecule has 2 aromatic carbocycles. The van der Waals surface area contributed by atoms with Gasteiger partial charge in [0, 0.05) is 31.1 Å². The van der Waals surface area contributed by atoms with Crippen LogP contribution in [-0.2, 0) is 14.3 Å². The summed E-state index contributed by atoms with van der Waals surface area (Å²) < 4.78 is 19.6. The van der Waals surface area contributed by atoms with E-state index >= 15 is 0 Å². The number of aliphatic imine (C=N–C) groups is 1. The van der Waals surface area contributed by atoms with Crippen molar-refractivity contribution in [1.29, 1.82) is 0 Å². The summed E-state index contributed by atoms with van der Waals surface area (Å²) in [5, 5.41) is 2.86. The van der Waals surface area contributed by atoms with Gasteiger partial charge in [0.25, 0.3) is 0 Å². The van der Waals surface area contributed by atoms with Crippen LogP contribution >= 0.6 is 0 Å². The molecule has 2 aliphatic rings. The second-order valence-electron chi connectivity index (χ2n) is 7.70. The maximum atomic E-state index is 14.8. The van der Waals surface area contributed by atoms with E-state index in [2.05, 4.69) is 10.3 Å². The van der Waals surface area contributed by atoms with Gasteiger partial charge in [-0.1, -0.05) is 12.1 Å². The molecular formula is C23H24FN3O3. The SMILES string of the molecule is COC(=O)C1CCN(c2ccc(N=CC3C(=O)Nc4cccc(C)c43)cc2F)CC1. The van der Waals surface area contributed by atoms with Crippen molar-refractivity contribution in [2.75, 3.05) is 30.4 Å². The molecule has 0 aromatic heterocycles. The second-order valence-corrected chi connectivity index (χ2v) is 7.70. The summed E-state index contributed by atoms with van der Waals surface area (Å²) in [6, 6.07) is 10.5. The quantitative estimate of drug-likeness (QED) is 0.613. The Bertz CT molecular complexity index is 1010. The molecule has 1 saturated heterocycles. The van der Waals surface area contributed by atoms with Gasteiger partial charge in [-0.2, -0.15) is 0 Å². The molecule has 4 rings (SSSR count). The molecule has 2 aliphatic heterocycles. The number of hydrogen-bond acceptors (Lipinski definition) is 5. The summed E-state index contributed by atoms with van der Waals surface area (Å²) in [6.07, 6.45) is 2.85. The normalized spacial score (nSPS) is 19.1. The molecule has 2 aromatic rings. The van der Waals surface area contributed by atoms with E-state index in [4.69, 9.17) is 4.74 Å². The number of rotatable bonds is 4. The molecule has 0 saturated carbocycles. The van der Waals surface area contributed by atoms with Crippen molar-refractivity contribution >= 4 is 35.2 Å². The second kappa shape index (κ2) is 8.26. The predicted octanol–water partition coefficient (Wildman–Crippen LogP) is 3.96. The number of hydrogen-bond donors (Lipinski definition) is 1. The molecule has 1 N–H and O–H groups in total. The third-order valence-electron chi connectivity index (χ3n) is 5.85. The summed E-state index contributed by atoms with van der Waals surface area (Å²) in [5.74, 6) is -1.31. The number of amides is 1. The molecular weight excluding hydrogens is 385 g/mol. The third kappa shape index (κ3) is 3.79. The number of methoxy groups -OCH3 is 1. The lowest BCUT2D eigenvalue weighted by Gasteiger charge is -2.32. The molecule has 1 fully saturated rings. The molecule has 0 bridgehead atoms. The number of piperidine rings is 1. The maximum absolute atomic E-state index is 14.8. The Morgan fingerprint density at radius 1 is 1.27 bits per heavy atom. The van der Waals surface area contributed by atoms with Crippen LogP contribution in [0.3, 0.4) is 0 Å². The van der Waals surface area contributed by atoms with Gasteiger partial charge >= 0.3 is 5.97 Å². The summed E-state index contributed by atoms with van der Waals surface area (Å²) >= 11 is 0. The Hall–Kier alpha value is -3.22. The number of nitrogens with one attached hydrogen (secondary N) is 1. The number of halogens is 1. The van der Waals surface area contributed by atoms with Gasteiger partial charge in [0.2, 0.25) is 5.91 Å². The number of aryl methyl sites for hydroxylation is 1. The highest BCUT2D eigenvalue weighted by molar-refractivity contribution is 6.13. The molecule has 30 heavy (non-hydrogen) atoms. The van der Waals surface area contributed by atoms with Gasteiger partial charge in [-0.3, -0.25) is 14.6 Å². The summed E-state index contributed by atoms with van der Waals surface area (Å²) in [6.45, 7) is 3.15. The molecule has 0 spiro atoms. The molecule has 2 heterocycles. The molecule has 156 valence electrons. The van der Waals surface area contributed by atoms with Crippen molar-refractivity contribution in [1.82, 2.24) is 0 Å². The van der Waals surface area contributed by atoms with Crippen LogP contribution in [0.25, 0.3) is 0 Å². The molecule has 1 amide bonds. The van der Waals surface area contributed by atoms with Crippen LogP contribution < -0.4 is 10.2 Å². The highest BCUT2D eigenvalue weighted by Crippen LogP contribution is 2.35. The largest absolute Gasteiger partial charge is 0.469 e. The van der Waals surface area contributed by atoms with Crippen LogP contribution in [0.5, 0.6) is 0 Å². The van der Waals surface area contributed by atoms with Gasteiger partial charge < -0.3 is 15.0 Å². The van der Waals surface area contributed by atoms with E-state index in [0.717, 1.165) is 16.8 Å². The van der Waals surface area contributed by atoms with E-state index in [9.17, 15) is 14.0 Å². The monoisotopic (exact) mass is 409 g/mol. The number of anilines is 2. The average molecular weight is 409 g/mol. The summed E-state index contributed by atoms with van der Waals surface area (Å²) in [5.41, 5.74) is 3.68. The van der Waals surface area contributed by atoms with E-state index in [0.29, 0.717) is 37.3 Å². The number of esters is 1. The van der Waals surface area contributed by atoms with Crippen LogP contribution in [0.2, 0.25) is 0 Å². The molecule has 6 nitrogen and oxygen atoms in total. The minimum atomic E-state index is -0.485. The smallest absolute Gasteiger partial charge is 0.308 e. The van der Waals surface area contributed by atoms with Crippen LogP contribution in [-0.4, -0.2) is 38.3 Å². The third-order valence-corrected chi connectivity index (χ3v) is 5.85. The fourth-order valence-corrected chi connectivity index (χ4v) is 4.20. The van der Waals surface area contributed by atoms with Gasteiger partial charge in [0.1, 0.15) is 11.7 Å². The highest BCUT2D eigenvalue weighted by atomic mass is 19.1. The van der Waals surface area contributed by atoms with E-state index in [1.807, 2.05) is 30.0 Å². The van der Waals surface area contributed by atoms with E-state index in [1.54, 1.807) is 18.3 Å². The van der Waals surface area contributed by atoms with Crippen LogP contribution in [0, 0.1) is 18.7 Å². The van der Waals surface area contributed by atoms with Crippen molar-refractivity contribution in [3.05, 3.63) is 53.3 Å². The maximum Gasteiger partial charge on any atom is 0.308 e. The molecule has 1 atom stereocenters. The predicted molar refractivity (Wildman–Crippen MR) is 114 cm³/mol. The van der Waals surface area contributed by atoms with Crippen LogP contribution in [0.15, 0.2) is 41.4 Å². The fourth-order valence-electron chi connectivity index (χ4n) is 4.20.